The smallest absolute Gasteiger partial charge is 0.144 e. The first-order valence-electron chi connectivity index (χ1n) is 6.16. The topological polar surface area (TPSA) is 61.6 Å². The van der Waals surface area contributed by atoms with E-state index < -0.39 is 0 Å². The van der Waals surface area contributed by atoms with Crippen molar-refractivity contribution in [2.45, 2.75) is 26.8 Å². The van der Waals surface area contributed by atoms with Crippen molar-refractivity contribution in [1.82, 2.24) is 9.97 Å². The summed E-state index contributed by atoms with van der Waals surface area (Å²) in [6, 6.07) is 8.07. The summed E-state index contributed by atoms with van der Waals surface area (Å²) >= 11 is 0. The predicted molar refractivity (Wildman–Crippen MR) is 74.7 cm³/mol. The number of nitrogens with one attached hydrogen (secondary N) is 1. The molecule has 2 aromatic rings. The molecule has 0 bridgehead atoms. The first kappa shape index (κ1) is 13.0. The Labute approximate surface area is 113 Å². The summed E-state index contributed by atoms with van der Waals surface area (Å²) in [5, 5.41) is 12.5. The fraction of sp³-hybridized carbons (Fsp3) is 0.267. The summed E-state index contributed by atoms with van der Waals surface area (Å²) in [4.78, 5) is 8.52. The van der Waals surface area contributed by atoms with E-state index in [-0.39, 0.29) is 6.04 Å². The first-order valence-corrected chi connectivity index (χ1v) is 6.16. The first-order chi connectivity index (χ1) is 9.11. The van der Waals surface area contributed by atoms with Crippen LogP contribution in [0.3, 0.4) is 0 Å². The lowest BCUT2D eigenvalue weighted by atomic mass is 10.1. The van der Waals surface area contributed by atoms with E-state index in [0.29, 0.717) is 11.4 Å². The summed E-state index contributed by atoms with van der Waals surface area (Å²) in [5.74, 6) is 0.636. The monoisotopic (exact) mass is 252 g/mol. The fourth-order valence-corrected chi connectivity index (χ4v) is 2.00. The van der Waals surface area contributed by atoms with Crippen molar-refractivity contribution in [3.8, 4) is 6.07 Å². The average molecular weight is 252 g/mol. The number of nitrogens with zero attached hydrogens (tertiary/aromatic N) is 3. The molecule has 0 aliphatic heterocycles. The van der Waals surface area contributed by atoms with Crippen molar-refractivity contribution in [3.63, 3.8) is 0 Å². The third-order valence-electron chi connectivity index (χ3n) is 2.99. The molecular formula is C15H16N4. The van der Waals surface area contributed by atoms with E-state index in [9.17, 15) is 5.26 Å². The van der Waals surface area contributed by atoms with Crippen LogP contribution in [-0.2, 0) is 0 Å². The molecule has 1 unspecified atom stereocenters. The second kappa shape index (κ2) is 5.49. The second-order valence-electron chi connectivity index (χ2n) is 4.57. The van der Waals surface area contributed by atoms with E-state index in [1.54, 1.807) is 6.20 Å². The largest absolute Gasteiger partial charge is 0.362 e. The molecule has 2 heterocycles. The molecule has 19 heavy (non-hydrogen) atoms. The van der Waals surface area contributed by atoms with Crippen molar-refractivity contribution in [2.75, 3.05) is 5.32 Å². The highest BCUT2D eigenvalue weighted by Gasteiger charge is 2.12. The maximum atomic E-state index is 9.23. The molecule has 1 N–H and O–H groups in total. The maximum Gasteiger partial charge on any atom is 0.144 e. The van der Waals surface area contributed by atoms with E-state index in [1.807, 2.05) is 45.2 Å². The summed E-state index contributed by atoms with van der Waals surface area (Å²) in [7, 11) is 0. The van der Waals surface area contributed by atoms with Crippen LogP contribution in [0, 0.1) is 25.2 Å². The van der Waals surface area contributed by atoms with Crippen LogP contribution in [0.1, 0.15) is 35.3 Å². The molecule has 0 amide bonds. The van der Waals surface area contributed by atoms with E-state index in [0.717, 1.165) is 16.8 Å². The molecule has 96 valence electrons. The lowest BCUT2D eigenvalue weighted by Gasteiger charge is -2.16. The lowest BCUT2D eigenvalue weighted by molar-refractivity contribution is 0.862. The van der Waals surface area contributed by atoms with Gasteiger partial charge in [0, 0.05) is 18.1 Å². The molecule has 0 aliphatic carbocycles. The van der Waals surface area contributed by atoms with Crippen molar-refractivity contribution >= 4 is 5.82 Å². The Kier molecular flexibility index (Phi) is 3.76. The van der Waals surface area contributed by atoms with Crippen LogP contribution >= 0.6 is 0 Å². The van der Waals surface area contributed by atoms with E-state index in [4.69, 9.17) is 0 Å². The van der Waals surface area contributed by atoms with Gasteiger partial charge in [-0.3, -0.25) is 4.98 Å². The summed E-state index contributed by atoms with van der Waals surface area (Å²) in [5.41, 5.74) is 3.50. The fourth-order valence-electron chi connectivity index (χ4n) is 2.00. The number of anilines is 1. The molecule has 0 saturated heterocycles. The van der Waals surface area contributed by atoms with Crippen molar-refractivity contribution in [1.29, 1.82) is 5.26 Å². The number of pyridine rings is 2. The Morgan fingerprint density at radius 2 is 2.16 bits per heavy atom. The Bertz CT molecular complexity index is 614. The Hall–Kier alpha value is -2.41. The van der Waals surface area contributed by atoms with Gasteiger partial charge in [0.25, 0.3) is 0 Å². The van der Waals surface area contributed by atoms with Gasteiger partial charge in [-0.05, 0) is 44.0 Å². The van der Waals surface area contributed by atoms with Crippen molar-refractivity contribution in [3.05, 3.63) is 53.0 Å². The second-order valence-corrected chi connectivity index (χ2v) is 4.57. The zero-order valence-electron chi connectivity index (χ0n) is 11.3. The third kappa shape index (κ3) is 2.89. The highest BCUT2D eigenvalue weighted by Crippen LogP contribution is 2.22. The number of hydrogen-bond donors (Lipinski definition) is 1. The minimum Gasteiger partial charge on any atom is -0.362 e. The van der Waals surface area contributed by atoms with Gasteiger partial charge in [-0.1, -0.05) is 6.07 Å². The van der Waals surface area contributed by atoms with Crippen LogP contribution < -0.4 is 5.32 Å². The zero-order chi connectivity index (χ0) is 13.8. The maximum absolute atomic E-state index is 9.23. The molecule has 0 aliphatic rings. The van der Waals surface area contributed by atoms with Gasteiger partial charge in [0.1, 0.15) is 11.9 Å². The molecule has 2 rings (SSSR count). The normalized spacial score (nSPS) is 11.7. The van der Waals surface area contributed by atoms with Gasteiger partial charge in [0.05, 0.1) is 11.6 Å². The van der Waals surface area contributed by atoms with Gasteiger partial charge < -0.3 is 5.32 Å². The summed E-state index contributed by atoms with van der Waals surface area (Å²) < 4.78 is 0. The minimum atomic E-state index is 0.0505. The van der Waals surface area contributed by atoms with Crippen molar-refractivity contribution < 1.29 is 0 Å². The molecule has 0 fully saturated rings. The number of hydrogen-bond acceptors (Lipinski definition) is 4. The number of aryl methyl sites for hydroxylation is 2. The van der Waals surface area contributed by atoms with E-state index in [2.05, 4.69) is 21.4 Å². The zero-order valence-corrected chi connectivity index (χ0v) is 11.3. The summed E-state index contributed by atoms with van der Waals surface area (Å²) in [6.45, 7) is 5.87. The van der Waals surface area contributed by atoms with Crippen LogP contribution in [0.5, 0.6) is 0 Å². The molecule has 4 heteroatoms. The van der Waals surface area contributed by atoms with Crippen LogP contribution in [0.25, 0.3) is 0 Å². The summed E-state index contributed by atoms with van der Waals surface area (Å²) in [6.07, 6.45) is 3.55. The Balaban J connectivity index is 2.32. The minimum absolute atomic E-state index is 0.0505. The molecule has 0 radical (unpaired) electrons. The van der Waals surface area contributed by atoms with Crippen molar-refractivity contribution in [2.24, 2.45) is 0 Å². The molecule has 0 spiro atoms. The van der Waals surface area contributed by atoms with Gasteiger partial charge in [0.15, 0.2) is 0 Å². The number of rotatable bonds is 3. The van der Waals surface area contributed by atoms with Crippen LogP contribution in [0.4, 0.5) is 5.82 Å². The van der Waals surface area contributed by atoms with Gasteiger partial charge in [-0.15, -0.1) is 0 Å². The van der Waals surface area contributed by atoms with Gasteiger partial charge in [-0.25, -0.2) is 4.98 Å². The molecule has 0 saturated carbocycles. The molecule has 1 atom stereocenters. The van der Waals surface area contributed by atoms with Crippen LogP contribution in [-0.4, -0.2) is 9.97 Å². The SMILES string of the molecule is Cc1cc(C)c(C#N)c(NC(C)c2cccnc2)n1. The van der Waals surface area contributed by atoms with Gasteiger partial charge >= 0.3 is 0 Å². The highest BCUT2D eigenvalue weighted by atomic mass is 15.0. The van der Waals surface area contributed by atoms with Gasteiger partial charge in [-0.2, -0.15) is 5.26 Å². The number of aromatic nitrogens is 2. The quantitative estimate of drug-likeness (QED) is 0.911. The number of nitriles is 1. The molecule has 4 nitrogen and oxygen atoms in total. The molecule has 0 aromatic carbocycles. The van der Waals surface area contributed by atoms with Crippen LogP contribution in [0.15, 0.2) is 30.6 Å². The predicted octanol–water partition coefficient (Wildman–Crippen LogP) is 3.14. The van der Waals surface area contributed by atoms with E-state index >= 15 is 0 Å². The van der Waals surface area contributed by atoms with Crippen LogP contribution in [0.2, 0.25) is 0 Å². The highest BCUT2D eigenvalue weighted by molar-refractivity contribution is 5.57. The Morgan fingerprint density at radius 3 is 2.79 bits per heavy atom. The molecule has 2 aromatic heterocycles. The Morgan fingerprint density at radius 1 is 1.37 bits per heavy atom. The van der Waals surface area contributed by atoms with E-state index in [1.165, 1.54) is 0 Å². The average Bonchev–Trinajstić information content (AvgIpc) is 2.39. The lowest BCUT2D eigenvalue weighted by Crippen LogP contribution is -2.10. The standard InChI is InChI=1S/C15H16N4/c1-10-7-11(2)18-15(14(10)8-16)19-12(3)13-5-4-6-17-9-13/h4-7,9,12H,1-3H3,(H,18,19). The third-order valence-corrected chi connectivity index (χ3v) is 2.99. The molecular weight excluding hydrogens is 236 g/mol. The van der Waals surface area contributed by atoms with Gasteiger partial charge in [0.2, 0.25) is 0 Å².